The number of hydrogen-bond donors (Lipinski definition) is 1. The lowest BCUT2D eigenvalue weighted by Gasteiger charge is -2.10. The highest BCUT2D eigenvalue weighted by Gasteiger charge is 2.13. The number of carbonyl (C=O) groups excluding carboxylic acids is 1. The van der Waals surface area contributed by atoms with E-state index in [0.29, 0.717) is 11.4 Å². The van der Waals surface area contributed by atoms with E-state index in [-0.39, 0.29) is 5.91 Å². The molecule has 0 unspecified atom stereocenters. The van der Waals surface area contributed by atoms with Crippen molar-refractivity contribution < 1.29 is 4.79 Å². The first kappa shape index (κ1) is 14.5. The summed E-state index contributed by atoms with van der Waals surface area (Å²) in [6.07, 6.45) is 0. The molecule has 3 aromatic rings. The van der Waals surface area contributed by atoms with Gasteiger partial charge in [-0.15, -0.1) is 0 Å². The molecule has 0 spiro atoms. The molecule has 0 bridgehead atoms. The van der Waals surface area contributed by atoms with Crippen molar-refractivity contribution in [3.63, 3.8) is 0 Å². The molecule has 112 valence electrons. The fourth-order valence-electron chi connectivity index (χ4n) is 2.44. The van der Waals surface area contributed by atoms with Crippen LogP contribution in [0.4, 0.5) is 5.82 Å². The number of hydrogen-bond acceptors (Lipinski definition) is 3. The van der Waals surface area contributed by atoms with E-state index < -0.39 is 0 Å². The second-order valence-electron chi connectivity index (χ2n) is 5.39. The minimum atomic E-state index is -0.119. The molecular formula is C17H17N3OS. The standard InChI is InChI=1S/C17H17N3OS/c1-11-6-12(2)8-15(7-11)20-16(9-13(3)19-20)18-17(21)14-4-5-22-10-14/h4-10H,1-3H3,(H,18,21). The molecule has 0 aliphatic rings. The van der Waals surface area contributed by atoms with E-state index in [0.717, 1.165) is 11.4 Å². The molecule has 0 aliphatic heterocycles. The first-order valence-electron chi connectivity index (χ1n) is 7.02. The molecule has 1 amide bonds. The van der Waals surface area contributed by atoms with Gasteiger partial charge in [0, 0.05) is 11.4 Å². The fourth-order valence-corrected chi connectivity index (χ4v) is 3.08. The van der Waals surface area contributed by atoms with Crippen molar-refractivity contribution in [2.24, 2.45) is 0 Å². The van der Waals surface area contributed by atoms with Crippen LogP contribution in [0.2, 0.25) is 0 Å². The maximum Gasteiger partial charge on any atom is 0.257 e. The van der Waals surface area contributed by atoms with E-state index in [9.17, 15) is 4.79 Å². The van der Waals surface area contributed by atoms with Crippen molar-refractivity contribution in [2.75, 3.05) is 5.32 Å². The number of amides is 1. The highest BCUT2D eigenvalue weighted by molar-refractivity contribution is 7.08. The van der Waals surface area contributed by atoms with Crippen molar-refractivity contribution in [1.29, 1.82) is 0 Å². The predicted octanol–water partition coefficient (Wildman–Crippen LogP) is 4.11. The Morgan fingerprint density at radius 2 is 1.86 bits per heavy atom. The molecule has 0 saturated carbocycles. The van der Waals surface area contributed by atoms with Crippen LogP contribution < -0.4 is 5.32 Å². The predicted molar refractivity (Wildman–Crippen MR) is 90.0 cm³/mol. The van der Waals surface area contributed by atoms with E-state index in [4.69, 9.17) is 0 Å². The topological polar surface area (TPSA) is 46.9 Å². The van der Waals surface area contributed by atoms with Gasteiger partial charge in [0.25, 0.3) is 5.91 Å². The van der Waals surface area contributed by atoms with E-state index in [2.05, 4.69) is 42.5 Å². The normalized spacial score (nSPS) is 10.7. The van der Waals surface area contributed by atoms with Crippen LogP contribution in [0.25, 0.3) is 5.69 Å². The van der Waals surface area contributed by atoms with Gasteiger partial charge in [-0.25, -0.2) is 4.68 Å². The Kier molecular flexibility index (Phi) is 3.81. The summed E-state index contributed by atoms with van der Waals surface area (Å²) in [6, 6.07) is 9.91. The van der Waals surface area contributed by atoms with Crippen molar-refractivity contribution in [2.45, 2.75) is 20.8 Å². The van der Waals surface area contributed by atoms with Gasteiger partial charge in [-0.2, -0.15) is 16.4 Å². The summed E-state index contributed by atoms with van der Waals surface area (Å²) >= 11 is 1.50. The van der Waals surface area contributed by atoms with Gasteiger partial charge >= 0.3 is 0 Å². The number of benzene rings is 1. The molecule has 3 rings (SSSR count). The Hall–Kier alpha value is -2.40. The average molecular weight is 311 g/mol. The number of nitrogens with one attached hydrogen (secondary N) is 1. The molecule has 22 heavy (non-hydrogen) atoms. The summed E-state index contributed by atoms with van der Waals surface area (Å²) in [4.78, 5) is 12.3. The molecule has 1 aromatic carbocycles. The van der Waals surface area contributed by atoms with Crippen LogP contribution in [0.1, 0.15) is 27.2 Å². The zero-order valence-corrected chi connectivity index (χ0v) is 13.6. The molecule has 2 aromatic heterocycles. The van der Waals surface area contributed by atoms with E-state index in [1.807, 2.05) is 29.8 Å². The van der Waals surface area contributed by atoms with Gasteiger partial charge in [-0.3, -0.25) is 4.79 Å². The smallest absolute Gasteiger partial charge is 0.257 e. The lowest BCUT2D eigenvalue weighted by atomic mass is 10.1. The third-order valence-electron chi connectivity index (χ3n) is 3.31. The SMILES string of the molecule is Cc1cc(C)cc(-n2nc(C)cc2NC(=O)c2ccsc2)c1. The summed E-state index contributed by atoms with van der Waals surface area (Å²) < 4.78 is 1.78. The molecule has 0 aliphatic carbocycles. The van der Waals surface area contributed by atoms with Crippen LogP contribution in [0.15, 0.2) is 41.1 Å². The van der Waals surface area contributed by atoms with E-state index in [1.54, 1.807) is 4.68 Å². The highest BCUT2D eigenvalue weighted by atomic mass is 32.1. The first-order valence-corrected chi connectivity index (χ1v) is 7.96. The molecular weight excluding hydrogens is 294 g/mol. The Morgan fingerprint density at radius 3 is 2.50 bits per heavy atom. The van der Waals surface area contributed by atoms with Crippen LogP contribution >= 0.6 is 11.3 Å². The number of aromatic nitrogens is 2. The average Bonchev–Trinajstić information content (AvgIpc) is 3.07. The van der Waals surface area contributed by atoms with Crippen molar-refractivity contribution in [3.8, 4) is 5.69 Å². The Morgan fingerprint density at radius 1 is 1.14 bits per heavy atom. The molecule has 0 atom stereocenters. The van der Waals surface area contributed by atoms with E-state index in [1.165, 1.54) is 22.5 Å². The zero-order chi connectivity index (χ0) is 15.7. The Balaban J connectivity index is 1.98. The number of aryl methyl sites for hydroxylation is 3. The molecule has 0 radical (unpaired) electrons. The second kappa shape index (κ2) is 5.77. The molecule has 0 saturated heterocycles. The van der Waals surface area contributed by atoms with Crippen LogP contribution in [-0.2, 0) is 0 Å². The summed E-state index contributed by atoms with van der Waals surface area (Å²) in [5.74, 6) is 0.561. The Labute approximate surface area is 133 Å². The number of anilines is 1. The monoisotopic (exact) mass is 311 g/mol. The fraction of sp³-hybridized carbons (Fsp3) is 0.176. The maximum absolute atomic E-state index is 12.3. The quantitative estimate of drug-likeness (QED) is 0.791. The van der Waals surface area contributed by atoms with Gasteiger partial charge in [0.1, 0.15) is 5.82 Å². The number of nitrogens with zero attached hydrogens (tertiary/aromatic N) is 2. The van der Waals surface area contributed by atoms with Gasteiger partial charge in [0.05, 0.1) is 16.9 Å². The summed E-state index contributed by atoms with van der Waals surface area (Å²) in [5.41, 5.74) is 4.80. The van der Waals surface area contributed by atoms with Gasteiger partial charge in [-0.1, -0.05) is 6.07 Å². The largest absolute Gasteiger partial charge is 0.306 e. The molecule has 0 fully saturated rings. The lowest BCUT2D eigenvalue weighted by Crippen LogP contribution is -2.14. The highest BCUT2D eigenvalue weighted by Crippen LogP contribution is 2.20. The summed E-state index contributed by atoms with van der Waals surface area (Å²) in [7, 11) is 0. The minimum Gasteiger partial charge on any atom is -0.306 e. The Bertz CT molecular complexity index is 798. The van der Waals surface area contributed by atoms with Crippen LogP contribution in [0, 0.1) is 20.8 Å². The number of carbonyl (C=O) groups is 1. The van der Waals surface area contributed by atoms with Crippen LogP contribution in [0.3, 0.4) is 0 Å². The number of rotatable bonds is 3. The van der Waals surface area contributed by atoms with Gasteiger partial charge in [0.15, 0.2) is 0 Å². The second-order valence-corrected chi connectivity index (χ2v) is 6.17. The van der Waals surface area contributed by atoms with Crippen molar-refractivity contribution >= 4 is 23.1 Å². The minimum absolute atomic E-state index is 0.119. The molecule has 4 nitrogen and oxygen atoms in total. The molecule has 5 heteroatoms. The first-order chi connectivity index (χ1) is 10.5. The molecule has 1 N–H and O–H groups in total. The van der Waals surface area contributed by atoms with E-state index >= 15 is 0 Å². The van der Waals surface area contributed by atoms with Gasteiger partial charge in [0.2, 0.25) is 0 Å². The lowest BCUT2D eigenvalue weighted by molar-refractivity contribution is 0.102. The van der Waals surface area contributed by atoms with Crippen LogP contribution in [-0.4, -0.2) is 15.7 Å². The summed E-state index contributed by atoms with van der Waals surface area (Å²) in [6.45, 7) is 6.02. The van der Waals surface area contributed by atoms with Crippen LogP contribution in [0.5, 0.6) is 0 Å². The zero-order valence-electron chi connectivity index (χ0n) is 12.8. The van der Waals surface area contributed by atoms with Gasteiger partial charge in [-0.05, 0) is 55.5 Å². The van der Waals surface area contributed by atoms with Gasteiger partial charge < -0.3 is 5.32 Å². The third kappa shape index (κ3) is 2.94. The third-order valence-corrected chi connectivity index (χ3v) is 3.99. The maximum atomic E-state index is 12.3. The molecule has 2 heterocycles. The van der Waals surface area contributed by atoms with Crippen molar-refractivity contribution in [3.05, 3.63) is 63.5 Å². The number of thiophene rings is 1. The summed E-state index contributed by atoms with van der Waals surface area (Å²) in [5, 5.41) is 11.2. The van der Waals surface area contributed by atoms with Crippen molar-refractivity contribution in [1.82, 2.24) is 9.78 Å².